The summed E-state index contributed by atoms with van der Waals surface area (Å²) in [5.41, 5.74) is 2.85. The molecule has 0 nitrogen and oxygen atoms in total. The van der Waals surface area contributed by atoms with Gasteiger partial charge in [-0.3, -0.25) is 0 Å². The second kappa shape index (κ2) is 3.94. The molecule has 0 bridgehead atoms. The molecule has 1 aliphatic carbocycles. The lowest BCUT2D eigenvalue weighted by molar-refractivity contribution is 0.457. The maximum Gasteiger partial charge on any atom is 0.0619 e. The van der Waals surface area contributed by atoms with Crippen molar-refractivity contribution in [2.45, 2.75) is 38.0 Å². The van der Waals surface area contributed by atoms with Crippen LogP contribution in [0.15, 0.2) is 24.3 Å². The Morgan fingerprint density at radius 2 is 1.86 bits per heavy atom. The third-order valence-corrected chi connectivity index (χ3v) is 4.02. The summed E-state index contributed by atoms with van der Waals surface area (Å²) in [5, 5.41) is 0.225. The highest BCUT2D eigenvalue weighted by Gasteiger charge is 2.35. The smallest absolute Gasteiger partial charge is 0.0619 e. The van der Waals surface area contributed by atoms with Crippen molar-refractivity contribution in [1.82, 2.24) is 0 Å². The summed E-state index contributed by atoms with van der Waals surface area (Å²) in [7, 11) is 0. The van der Waals surface area contributed by atoms with Crippen molar-refractivity contribution in [3.63, 3.8) is 0 Å². The predicted octanol–water partition coefficient (Wildman–Crippen LogP) is 4.50. The monoisotopic (exact) mass is 208 g/mol. The van der Waals surface area contributed by atoms with E-state index >= 15 is 0 Å². The van der Waals surface area contributed by atoms with Crippen LogP contribution in [0.5, 0.6) is 0 Å². The first-order valence-electron chi connectivity index (χ1n) is 5.48. The molecule has 3 atom stereocenters. The van der Waals surface area contributed by atoms with Crippen LogP contribution in [-0.4, -0.2) is 0 Å². The Morgan fingerprint density at radius 1 is 1.21 bits per heavy atom. The van der Waals surface area contributed by atoms with Crippen molar-refractivity contribution in [1.29, 1.82) is 0 Å². The first-order chi connectivity index (χ1) is 6.75. The molecule has 3 unspecified atom stereocenters. The lowest BCUT2D eigenvalue weighted by Crippen LogP contribution is -2.04. The molecular formula is C13H17Cl. The average Bonchev–Trinajstić information content (AvgIpc) is 2.45. The highest BCUT2D eigenvalue weighted by molar-refractivity contribution is 6.21. The van der Waals surface area contributed by atoms with Crippen molar-refractivity contribution in [3.05, 3.63) is 35.4 Å². The molecule has 0 heterocycles. The van der Waals surface area contributed by atoms with Crippen LogP contribution in [0.4, 0.5) is 0 Å². The summed E-state index contributed by atoms with van der Waals surface area (Å²) < 4.78 is 0. The minimum atomic E-state index is 0.225. The summed E-state index contributed by atoms with van der Waals surface area (Å²) >= 11 is 6.42. The van der Waals surface area contributed by atoms with E-state index in [0.29, 0.717) is 11.8 Å². The van der Waals surface area contributed by atoms with Gasteiger partial charge >= 0.3 is 0 Å². The molecule has 0 aromatic heterocycles. The topological polar surface area (TPSA) is 0 Å². The van der Waals surface area contributed by atoms with Crippen LogP contribution in [0.3, 0.4) is 0 Å². The van der Waals surface area contributed by atoms with Crippen LogP contribution in [0.25, 0.3) is 0 Å². The Morgan fingerprint density at radius 3 is 2.50 bits per heavy atom. The Hall–Kier alpha value is -0.490. The Labute approximate surface area is 91.3 Å². The summed E-state index contributed by atoms with van der Waals surface area (Å²) in [5.74, 6) is 1.27. The van der Waals surface area contributed by atoms with Gasteiger partial charge in [0.05, 0.1) is 5.38 Å². The maximum atomic E-state index is 6.42. The average molecular weight is 209 g/mol. The van der Waals surface area contributed by atoms with Gasteiger partial charge < -0.3 is 0 Å². The van der Waals surface area contributed by atoms with Gasteiger partial charge in [0.2, 0.25) is 0 Å². The molecule has 1 heteroatoms. The minimum Gasteiger partial charge on any atom is -0.117 e. The zero-order chi connectivity index (χ0) is 10.1. The van der Waals surface area contributed by atoms with Crippen molar-refractivity contribution in [2.24, 2.45) is 5.92 Å². The molecule has 0 fully saturated rings. The van der Waals surface area contributed by atoms with Crippen LogP contribution in [0.1, 0.15) is 49.1 Å². The summed E-state index contributed by atoms with van der Waals surface area (Å²) in [6, 6.07) is 8.64. The van der Waals surface area contributed by atoms with Gasteiger partial charge in [-0.25, -0.2) is 0 Å². The molecule has 1 aromatic rings. The predicted molar refractivity (Wildman–Crippen MR) is 61.8 cm³/mol. The van der Waals surface area contributed by atoms with E-state index in [1.165, 1.54) is 24.0 Å². The van der Waals surface area contributed by atoms with E-state index in [1.54, 1.807) is 0 Å². The Balaban J connectivity index is 2.37. The fourth-order valence-corrected chi connectivity index (χ4v) is 2.97. The molecule has 1 aliphatic rings. The largest absolute Gasteiger partial charge is 0.117 e. The number of alkyl halides is 1. The molecule has 1 aromatic carbocycles. The SMILES string of the molecule is CCCC1c2ccccc2C(Cl)C1C. The number of hydrogen-bond donors (Lipinski definition) is 0. The van der Waals surface area contributed by atoms with Crippen molar-refractivity contribution >= 4 is 11.6 Å². The van der Waals surface area contributed by atoms with Gasteiger partial charge in [-0.15, -0.1) is 11.6 Å². The Bertz CT molecular complexity index is 319. The number of halogens is 1. The number of benzene rings is 1. The number of fused-ring (bicyclic) bond motifs is 1. The Kier molecular flexibility index (Phi) is 2.83. The summed E-state index contributed by atoms with van der Waals surface area (Å²) in [6.07, 6.45) is 2.51. The van der Waals surface area contributed by atoms with Crippen LogP contribution < -0.4 is 0 Å². The normalized spacial score (nSPS) is 30.4. The molecule has 0 N–H and O–H groups in total. The van der Waals surface area contributed by atoms with Gasteiger partial charge in [-0.2, -0.15) is 0 Å². The van der Waals surface area contributed by atoms with Crippen LogP contribution >= 0.6 is 11.6 Å². The van der Waals surface area contributed by atoms with Gasteiger partial charge in [0.15, 0.2) is 0 Å². The van der Waals surface area contributed by atoms with Crippen LogP contribution in [0, 0.1) is 5.92 Å². The standard InChI is InChI=1S/C13H17Cl/c1-3-6-10-9(2)13(14)12-8-5-4-7-11(10)12/h4-5,7-10,13H,3,6H2,1-2H3. The highest BCUT2D eigenvalue weighted by Crippen LogP contribution is 2.50. The number of rotatable bonds is 2. The van der Waals surface area contributed by atoms with E-state index in [2.05, 4.69) is 38.1 Å². The van der Waals surface area contributed by atoms with E-state index in [1.807, 2.05) is 0 Å². The van der Waals surface area contributed by atoms with Crippen molar-refractivity contribution < 1.29 is 0 Å². The molecule has 14 heavy (non-hydrogen) atoms. The summed E-state index contributed by atoms with van der Waals surface area (Å²) in [6.45, 7) is 4.52. The minimum absolute atomic E-state index is 0.225. The van der Waals surface area contributed by atoms with Gasteiger partial charge in [0.1, 0.15) is 0 Å². The van der Waals surface area contributed by atoms with Crippen molar-refractivity contribution in [2.75, 3.05) is 0 Å². The van der Waals surface area contributed by atoms with Gasteiger partial charge in [-0.05, 0) is 29.4 Å². The third kappa shape index (κ3) is 1.46. The molecule has 2 rings (SSSR count). The maximum absolute atomic E-state index is 6.42. The quantitative estimate of drug-likeness (QED) is 0.628. The van der Waals surface area contributed by atoms with Gasteiger partial charge in [0.25, 0.3) is 0 Å². The summed E-state index contributed by atoms with van der Waals surface area (Å²) in [4.78, 5) is 0. The fourth-order valence-electron chi connectivity index (χ4n) is 2.60. The lowest BCUT2D eigenvalue weighted by Gasteiger charge is -2.16. The zero-order valence-electron chi connectivity index (χ0n) is 8.83. The third-order valence-electron chi connectivity index (χ3n) is 3.39. The highest BCUT2D eigenvalue weighted by atomic mass is 35.5. The van der Waals surface area contributed by atoms with Crippen molar-refractivity contribution in [3.8, 4) is 0 Å². The molecule has 0 saturated carbocycles. The molecule has 0 radical (unpaired) electrons. The molecule has 76 valence electrons. The fraction of sp³-hybridized carbons (Fsp3) is 0.538. The second-order valence-corrected chi connectivity index (χ2v) is 4.76. The first kappa shape index (κ1) is 10.0. The van der Waals surface area contributed by atoms with Gasteiger partial charge in [0, 0.05) is 0 Å². The number of hydrogen-bond acceptors (Lipinski definition) is 0. The van der Waals surface area contributed by atoms with E-state index < -0.39 is 0 Å². The van der Waals surface area contributed by atoms with E-state index in [0.717, 1.165) is 0 Å². The molecule has 0 amide bonds. The molecule has 0 saturated heterocycles. The first-order valence-corrected chi connectivity index (χ1v) is 5.92. The molecule has 0 spiro atoms. The second-order valence-electron chi connectivity index (χ2n) is 4.28. The van der Waals surface area contributed by atoms with Crippen LogP contribution in [0.2, 0.25) is 0 Å². The van der Waals surface area contributed by atoms with E-state index in [4.69, 9.17) is 11.6 Å². The van der Waals surface area contributed by atoms with E-state index in [-0.39, 0.29) is 5.38 Å². The molecular weight excluding hydrogens is 192 g/mol. The van der Waals surface area contributed by atoms with Crippen LogP contribution in [-0.2, 0) is 0 Å². The van der Waals surface area contributed by atoms with E-state index in [9.17, 15) is 0 Å². The molecule has 0 aliphatic heterocycles. The zero-order valence-corrected chi connectivity index (χ0v) is 9.59. The van der Waals surface area contributed by atoms with Gasteiger partial charge in [-0.1, -0.05) is 44.5 Å². The lowest BCUT2D eigenvalue weighted by atomic mass is 9.90.